The lowest BCUT2D eigenvalue weighted by molar-refractivity contribution is -0.147. The maximum Gasteiger partial charge on any atom is 0.252 e. The van der Waals surface area contributed by atoms with Crippen LogP contribution >= 0.6 is 11.6 Å². The van der Waals surface area contributed by atoms with E-state index in [1.807, 2.05) is 36.5 Å². The predicted octanol–water partition coefficient (Wildman–Crippen LogP) is 4.37. The monoisotopic (exact) mass is 577 g/mol. The van der Waals surface area contributed by atoms with Gasteiger partial charge in [-0.3, -0.25) is 24.2 Å². The van der Waals surface area contributed by atoms with Gasteiger partial charge in [0.15, 0.2) is 0 Å². The third-order valence-corrected chi connectivity index (χ3v) is 8.86. The minimum absolute atomic E-state index is 0.0398. The summed E-state index contributed by atoms with van der Waals surface area (Å²) in [5.41, 5.74) is 2.53. The molecule has 0 aliphatic carbocycles. The molecular weight excluding hydrogens is 538 g/mol. The molecule has 1 aromatic heterocycles. The number of benzene rings is 2. The highest BCUT2D eigenvalue weighted by Gasteiger charge is 2.31. The Hall–Kier alpha value is -3.20. The fraction of sp³-hybridized carbons (Fsp3) is 0.469. The smallest absolute Gasteiger partial charge is 0.252 e. The van der Waals surface area contributed by atoms with Gasteiger partial charge in [-0.25, -0.2) is 0 Å². The number of likely N-dealkylation sites (tertiary alicyclic amines) is 2. The summed E-state index contributed by atoms with van der Waals surface area (Å²) in [7, 11) is 0. The van der Waals surface area contributed by atoms with E-state index in [9.17, 15) is 14.4 Å². The molecule has 0 radical (unpaired) electrons. The molecule has 2 N–H and O–H groups in total. The fourth-order valence-corrected chi connectivity index (χ4v) is 6.41. The number of hydrogen-bond acceptors (Lipinski definition) is 5. The van der Waals surface area contributed by atoms with E-state index < -0.39 is 17.9 Å². The van der Waals surface area contributed by atoms with Gasteiger partial charge in [-0.15, -0.1) is 0 Å². The molecule has 3 heterocycles. The Kier molecular flexibility index (Phi) is 9.75. The molecule has 1 atom stereocenters. The topological polar surface area (TPSA) is 88.8 Å². The molecule has 8 nitrogen and oxygen atoms in total. The van der Waals surface area contributed by atoms with Gasteiger partial charge >= 0.3 is 0 Å². The zero-order chi connectivity index (χ0) is 28.8. The van der Waals surface area contributed by atoms with E-state index in [4.69, 9.17) is 11.6 Å². The zero-order valence-corrected chi connectivity index (χ0v) is 24.5. The van der Waals surface area contributed by atoms with Crippen molar-refractivity contribution in [3.8, 4) is 0 Å². The number of aromatic amines is 1. The fourth-order valence-electron chi connectivity index (χ4n) is 6.22. The van der Waals surface area contributed by atoms with Crippen LogP contribution in [-0.4, -0.2) is 82.2 Å². The molecule has 0 saturated carbocycles. The summed E-state index contributed by atoms with van der Waals surface area (Å²) in [4.78, 5) is 49.2. The minimum Gasteiger partial charge on any atom is -0.361 e. The van der Waals surface area contributed by atoms with Crippen LogP contribution in [0, 0.1) is 0 Å². The van der Waals surface area contributed by atoms with E-state index in [0.717, 1.165) is 42.4 Å². The molecule has 0 spiro atoms. The van der Waals surface area contributed by atoms with E-state index in [2.05, 4.69) is 20.1 Å². The predicted molar refractivity (Wildman–Crippen MR) is 162 cm³/mol. The average Bonchev–Trinajstić information content (AvgIpc) is 3.39. The molecule has 2 fully saturated rings. The number of hydrogen-bond donors (Lipinski definition) is 2. The van der Waals surface area contributed by atoms with Gasteiger partial charge in [0.25, 0.3) is 5.91 Å². The second kappa shape index (κ2) is 13.6. The van der Waals surface area contributed by atoms with Crippen LogP contribution < -0.4 is 5.32 Å². The van der Waals surface area contributed by atoms with Crippen LogP contribution in [0.25, 0.3) is 10.9 Å². The van der Waals surface area contributed by atoms with E-state index in [1.54, 1.807) is 18.2 Å². The highest BCUT2D eigenvalue weighted by Crippen LogP contribution is 2.23. The highest BCUT2D eigenvalue weighted by atomic mass is 35.5. The zero-order valence-electron chi connectivity index (χ0n) is 23.8. The van der Waals surface area contributed by atoms with Crippen LogP contribution in [-0.2, 0) is 27.3 Å². The third-order valence-electron chi connectivity index (χ3n) is 8.50. The Morgan fingerprint density at radius 3 is 2.41 bits per heavy atom. The summed E-state index contributed by atoms with van der Waals surface area (Å²) in [5, 5.41) is 4.47. The second-order valence-corrected chi connectivity index (χ2v) is 11.7. The summed E-state index contributed by atoms with van der Waals surface area (Å²) in [6, 6.07) is 14.7. The van der Waals surface area contributed by atoms with Crippen LogP contribution in [0.15, 0.2) is 54.7 Å². The van der Waals surface area contributed by atoms with Gasteiger partial charge < -0.3 is 15.2 Å². The van der Waals surface area contributed by atoms with Gasteiger partial charge in [0.05, 0.1) is 13.1 Å². The molecule has 3 amide bonds. The summed E-state index contributed by atoms with van der Waals surface area (Å²) in [6.45, 7) is 5.73. The number of nitrogens with zero attached hydrogens (tertiary/aromatic N) is 3. The molecule has 2 aromatic carbocycles. The average molecular weight is 578 g/mol. The molecule has 5 rings (SSSR count). The number of amides is 3. The van der Waals surface area contributed by atoms with Crippen molar-refractivity contribution in [3.63, 3.8) is 0 Å². The van der Waals surface area contributed by atoms with E-state index >= 15 is 0 Å². The van der Waals surface area contributed by atoms with Crippen molar-refractivity contribution in [2.75, 3.05) is 32.7 Å². The van der Waals surface area contributed by atoms with Crippen LogP contribution in [0.2, 0.25) is 5.02 Å². The van der Waals surface area contributed by atoms with Crippen molar-refractivity contribution in [1.29, 1.82) is 0 Å². The lowest BCUT2D eigenvalue weighted by Gasteiger charge is -2.40. The second-order valence-electron chi connectivity index (χ2n) is 11.3. The Labute approximate surface area is 247 Å². The van der Waals surface area contributed by atoms with Crippen molar-refractivity contribution in [1.82, 2.24) is 25.0 Å². The number of imide groups is 1. The van der Waals surface area contributed by atoms with Gasteiger partial charge in [-0.1, -0.05) is 54.4 Å². The van der Waals surface area contributed by atoms with Crippen LogP contribution in [0.4, 0.5) is 0 Å². The quantitative estimate of drug-likeness (QED) is 0.394. The molecule has 3 aromatic rings. The minimum atomic E-state index is -0.904. The molecule has 2 aliphatic rings. The van der Waals surface area contributed by atoms with E-state index in [0.29, 0.717) is 16.6 Å². The van der Waals surface area contributed by atoms with Gasteiger partial charge in [0, 0.05) is 54.6 Å². The summed E-state index contributed by atoms with van der Waals surface area (Å²) < 4.78 is 0. The van der Waals surface area contributed by atoms with Crippen molar-refractivity contribution in [2.45, 2.75) is 64.1 Å². The molecule has 41 heavy (non-hydrogen) atoms. The standard InChI is InChI=1S/C32H40ClN5O3/c1-23(39)38(21-24-9-3-5-11-28(24)33)32(41)30(19-25-20-34-29-12-6-4-10-27(25)29)35-31(40)22-36-17-13-26(14-18-36)37-15-7-2-8-16-37/h3-6,9-12,20,26,30,34H,2,7-8,13-19,21-22H2,1H3,(H,35,40). The number of halogens is 1. The maximum atomic E-state index is 13.9. The number of rotatable bonds is 9. The van der Waals surface area contributed by atoms with Crippen LogP contribution in [0.5, 0.6) is 0 Å². The first-order chi connectivity index (χ1) is 19.9. The Balaban J connectivity index is 1.29. The van der Waals surface area contributed by atoms with Gasteiger partial charge in [0.2, 0.25) is 11.8 Å². The first-order valence-corrected chi connectivity index (χ1v) is 15.1. The summed E-state index contributed by atoms with van der Waals surface area (Å²) >= 11 is 6.36. The Bertz CT molecular complexity index is 1360. The normalized spacial score (nSPS) is 17.8. The molecule has 1 unspecified atom stereocenters. The largest absolute Gasteiger partial charge is 0.361 e. The SMILES string of the molecule is CC(=O)N(Cc1ccccc1Cl)C(=O)C(Cc1c[nH]c2ccccc12)NC(=O)CN1CCC(N2CCCCC2)CC1. The highest BCUT2D eigenvalue weighted by molar-refractivity contribution is 6.31. The number of carbonyl (C=O) groups is 3. The molecule has 2 saturated heterocycles. The Morgan fingerprint density at radius 1 is 0.976 bits per heavy atom. The van der Waals surface area contributed by atoms with E-state index in [1.165, 1.54) is 44.2 Å². The molecular formula is C32H40ClN5O3. The number of fused-ring (bicyclic) bond motifs is 1. The molecule has 0 bridgehead atoms. The number of piperidine rings is 2. The first kappa shape index (κ1) is 29.3. The van der Waals surface area contributed by atoms with Crippen LogP contribution in [0.3, 0.4) is 0 Å². The maximum absolute atomic E-state index is 13.9. The van der Waals surface area contributed by atoms with Crippen LogP contribution in [0.1, 0.15) is 50.2 Å². The number of nitrogens with one attached hydrogen (secondary N) is 2. The Morgan fingerprint density at radius 2 is 1.68 bits per heavy atom. The van der Waals surface area contributed by atoms with Gasteiger partial charge in [-0.05, 0) is 62.0 Å². The third kappa shape index (κ3) is 7.36. The lowest BCUT2D eigenvalue weighted by Crippen LogP contribution is -2.54. The van der Waals surface area contributed by atoms with Crippen molar-refractivity contribution in [2.24, 2.45) is 0 Å². The van der Waals surface area contributed by atoms with Gasteiger partial charge in [0.1, 0.15) is 6.04 Å². The van der Waals surface area contributed by atoms with Gasteiger partial charge in [-0.2, -0.15) is 0 Å². The number of aromatic nitrogens is 1. The molecule has 9 heteroatoms. The van der Waals surface area contributed by atoms with E-state index in [-0.39, 0.29) is 25.4 Å². The molecule has 218 valence electrons. The lowest BCUT2D eigenvalue weighted by atomic mass is 10.00. The number of para-hydroxylation sites is 1. The summed E-state index contributed by atoms with van der Waals surface area (Å²) in [6.07, 6.45) is 8.13. The summed E-state index contributed by atoms with van der Waals surface area (Å²) in [5.74, 6) is -1.05. The first-order valence-electron chi connectivity index (χ1n) is 14.7. The number of carbonyl (C=O) groups excluding carboxylic acids is 3. The molecule has 2 aliphatic heterocycles. The number of H-pyrrole nitrogens is 1. The van der Waals surface area contributed by atoms with Crippen molar-refractivity contribution in [3.05, 3.63) is 70.9 Å². The van der Waals surface area contributed by atoms with Crippen molar-refractivity contribution >= 4 is 40.2 Å². The van der Waals surface area contributed by atoms with Crippen molar-refractivity contribution < 1.29 is 14.4 Å².